The number of hydrogen-bond acceptors (Lipinski definition) is 6. The lowest BCUT2D eigenvalue weighted by Crippen LogP contribution is -2.46. The Morgan fingerprint density at radius 1 is 1.09 bits per heavy atom. The molecule has 0 spiro atoms. The molecule has 1 heterocycles. The zero-order valence-electron chi connectivity index (χ0n) is 17.6. The molecule has 34 heavy (non-hydrogen) atoms. The average Bonchev–Trinajstić information content (AvgIpc) is 3.06. The molecule has 10 nitrogen and oxygen atoms in total. The lowest BCUT2D eigenvalue weighted by atomic mass is 10.1. The summed E-state index contributed by atoms with van der Waals surface area (Å²) in [7, 11) is -3.87. The molecule has 3 N–H and O–H groups in total. The van der Waals surface area contributed by atoms with Crippen molar-refractivity contribution in [1.29, 1.82) is 0 Å². The van der Waals surface area contributed by atoms with Gasteiger partial charge in [0.2, 0.25) is 21.8 Å². The van der Waals surface area contributed by atoms with Gasteiger partial charge in [-0.25, -0.2) is 23.3 Å². The van der Waals surface area contributed by atoms with Gasteiger partial charge in [-0.3, -0.25) is 14.4 Å². The molecule has 0 unspecified atom stereocenters. The van der Waals surface area contributed by atoms with Crippen LogP contribution in [0.2, 0.25) is 5.02 Å². The lowest BCUT2D eigenvalue weighted by molar-refractivity contribution is -0.135. The number of aliphatic carboxylic acids is 1. The Labute approximate surface area is 200 Å². The van der Waals surface area contributed by atoms with E-state index in [1.807, 2.05) is 0 Å². The third kappa shape index (κ3) is 5.87. The first-order valence-electron chi connectivity index (χ1n) is 9.93. The SMILES string of the molecule is NS(=O)(=O)c1ccc(CCN(C(=O)/C=C/C(=O)O)[C@H]2CC(=O)N(c3ccc(Cl)cc3)C2=O)cc1. The first kappa shape index (κ1) is 25.1. The summed E-state index contributed by atoms with van der Waals surface area (Å²) in [4.78, 5) is 51.4. The van der Waals surface area contributed by atoms with Crippen LogP contribution < -0.4 is 10.0 Å². The van der Waals surface area contributed by atoms with Crippen molar-refractivity contribution in [2.24, 2.45) is 5.14 Å². The third-order valence-electron chi connectivity index (χ3n) is 5.13. The van der Waals surface area contributed by atoms with Gasteiger partial charge in [0.1, 0.15) is 6.04 Å². The van der Waals surface area contributed by atoms with Crippen LogP contribution in [0.5, 0.6) is 0 Å². The number of sulfonamides is 1. The zero-order chi connectivity index (χ0) is 25.0. The van der Waals surface area contributed by atoms with Crippen molar-refractivity contribution in [1.82, 2.24) is 4.90 Å². The molecular weight excluding hydrogens is 486 g/mol. The number of nitrogens with two attached hydrogens (primary N) is 1. The van der Waals surface area contributed by atoms with Crippen LogP contribution in [0.15, 0.2) is 65.6 Å². The number of carbonyl (C=O) groups is 4. The van der Waals surface area contributed by atoms with Crippen LogP contribution in [0.3, 0.4) is 0 Å². The van der Waals surface area contributed by atoms with Gasteiger partial charge in [0.15, 0.2) is 0 Å². The molecule has 0 aromatic heterocycles. The largest absolute Gasteiger partial charge is 0.478 e. The number of carboxylic acids is 1. The molecule has 1 aliphatic rings. The Morgan fingerprint density at radius 3 is 2.26 bits per heavy atom. The van der Waals surface area contributed by atoms with E-state index >= 15 is 0 Å². The Morgan fingerprint density at radius 2 is 1.71 bits per heavy atom. The molecular formula is C22H20ClN3O7S. The molecule has 1 saturated heterocycles. The highest BCUT2D eigenvalue weighted by Gasteiger charge is 2.43. The van der Waals surface area contributed by atoms with Crippen molar-refractivity contribution in [3.63, 3.8) is 0 Å². The van der Waals surface area contributed by atoms with Gasteiger partial charge in [-0.05, 0) is 48.4 Å². The molecule has 178 valence electrons. The highest BCUT2D eigenvalue weighted by atomic mass is 35.5. The van der Waals surface area contributed by atoms with Crippen molar-refractivity contribution in [2.75, 3.05) is 11.4 Å². The van der Waals surface area contributed by atoms with E-state index in [1.54, 1.807) is 0 Å². The molecule has 3 amide bonds. The molecule has 0 bridgehead atoms. The van der Waals surface area contributed by atoms with E-state index in [4.69, 9.17) is 21.8 Å². The number of benzene rings is 2. The molecule has 2 aromatic carbocycles. The molecule has 12 heteroatoms. The molecule has 1 aliphatic heterocycles. The lowest BCUT2D eigenvalue weighted by Gasteiger charge is -2.26. The standard InChI is InChI=1S/C22H20ClN3O7S/c23-15-3-5-16(6-4-15)26-20(28)13-18(22(26)31)25(19(27)9-10-21(29)30)12-11-14-1-7-17(8-2-14)34(24,32)33/h1-10,18H,11-13H2,(H,29,30)(H2,24,32,33)/b10-9+/t18-/m0/s1. The van der Waals surface area contributed by atoms with Gasteiger partial charge in [-0.2, -0.15) is 0 Å². The number of imide groups is 1. The summed E-state index contributed by atoms with van der Waals surface area (Å²) in [5.74, 6) is -3.25. The third-order valence-corrected chi connectivity index (χ3v) is 6.31. The van der Waals surface area contributed by atoms with Crippen molar-refractivity contribution in [3.8, 4) is 0 Å². The maximum Gasteiger partial charge on any atom is 0.328 e. The summed E-state index contributed by atoms with van der Waals surface area (Å²) in [6, 6.07) is 10.6. The summed E-state index contributed by atoms with van der Waals surface area (Å²) < 4.78 is 22.8. The summed E-state index contributed by atoms with van der Waals surface area (Å²) >= 11 is 5.87. The molecule has 1 atom stereocenters. The second-order valence-electron chi connectivity index (χ2n) is 7.41. The summed E-state index contributed by atoms with van der Waals surface area (Å²) in [6.07, 6.45) is 1.39. The predicted octanol–water partition coefficient (Wildman–Crippen LogP) is 1.33. The van der Waals surface area contributed by atoms with E-state index < -0.39 is 39.8 Å². The minimum Gasteiger partial charge on any atom is -0.478 e. The van der Waals surface area contributed by atoms with E-state index in [0.29, 0.717) is 22.3 Å². The molecule has 0 radical (unpaired) electrons. The van der Waals surface area contributed by atoms with Gasteiger partial charge < -0.3 is 10.0 Å². The second-order valence-corrected chi connectivity index (χ2v) is 9.40. The first-order chi connectivity index (χ1) is 16.0. The molecule has 3 rings (SSSR count). The minimum absolute atomic E-state index is 0.0321. The van der Waals surface area contributed by atoms with Gasteiger partial charge in [-0.15, -0.1) is 0 Å². The van der Waals surface area contributed by atoms with Crippen LogP contribution in [0.4, 0.5) is 5.69 Å². The zero-order valence-corrected chi connectivity index (χ0v) is 19.2. The van der Waals surface area contributed by atoms with Crippen LogP contribution in [0.1, 0.15) is 12.0 Å². The number of rotatable bonds is 8. The highest BCUT2D eigenvalue weighted by molar-refractivity contribution is 7.89. The Bertz CT molecular complexity index is 1260. The van der Waals surface area contributed by atoms with Crippen molar-refractivity contribution >= 4 is 51.0 Å². The summed E-state index contributed by atoms with van der Waals surface area (Å²) in [5.41, 5.74) is 0.938. The molecule has 0 aliphatic carbocycles. The van der Waals surface area contributed by atoms with Crippen LogP contribution >= 0.6 is 11.6 Å². The van der Waals surface area contributed by atoms with E-state index in [-0.39, 0.29) is 24.3 Å². The monoisotopic (exact) mass is 505 g/mol. The van der Waals surface area contributed by atoms with Crippen LogP contribution in [0, 0.1) is 0 Å². The van der Waals surface area contributed by atoms with Crippen LogP contribution in [0.25, 0.3) is 0 Å². The second kappa shape index (κ2) is 10.2. The van der Waals surface area contributed by atoms with Crippen molar-refractivity contribution < 1.29 is 32.7 Å². The van der Waals surface area contributed by atoms with E-state index in [1.165, 1.54) is 48.5 Å². The van der Waals surface area contributed by atoms with E-state index in [9.17, 15) is 27.6 Å². The number of nitrogens with zero attached hydrogens (tertiary/aromatic N) is 2. The van der Waals surface area contributed by atoms with Crippen LogP contribution in [-0.2, 0) is 35.6 Å². The van der Waals surface area contributed by atoms with Gasteiger partial charge in [-0.1, -0.05) is 23.7 Å². The normalized spacial score (nSPS) is 16.3. The summed E-state index contributed by atoms with van der Waals surface area (Å²) in [5, 5.41) is 14.4. The fraction of sp³-hybridized carbons (Fsp3) is 0.182. The number of hydrogen-bond donors (Lipinski definition) is 2. The van der Waals surface area contributed by atoms with Gasteiger partial charge in [0.25, 0.3) is 5.91 Å². The predicted molar refractivity (Wildman–Crippen MR) is 122 cm³/mol. The van der Waals surface area contributed by atoms with E-state index in [2.05, 4.69) is 0 Å². The van der Waals surface area contributed by atoms with Crippen molar-refractivity contribution in [3.05, 3.63) is 71.3 Å². The number of carboxylic acid groups (broad SMARTS) is 1. The highest BCUT2D eigenvalue weighted by Crippen LogP contribution is 2.27. The van der Waals surface area contributed by atoms with Crippen LogP contribution in [-0.4, -0.2) is 54.7 Å². The molecule has 1 fully saturated rings. The van der Waals surface area contributed by atoms with E-state index in [0.717, 1.165) is 15.9 Å². The first-order valence-corrected chi connectivity index (χ1v) is 11.9. The number of halogens is 1. The number of amides is 3. The molecule has 2 aromatic rings. The van der Waals surface area contributed by atoms with Gasteiger partial charge in [0.05, 0.1) is 17.0 Å². The average molecular weight is 506 g/mol. The quantitative estimate of drug-likeness (QED) is 0.405. The Balaban J connectivity index is 1.84. The maximum atomic E-state index is 13.1. The number of carbonyl (C=O) groups excluding carboxylic acids is 3. The Hall–Kier alpha value is -3.54. The Kier molecular flexibility index (Phi) is 7.50. The van der Waals surface area contributed by atoms with Gasteiger partial charge >= 0.3 is 5.97 Å². The topological polar surface area (TPSA) is 155 Å². The molecule has 0 saturated carbocycles. The number of primary sulfonamides is 1. The van der Waals surface area contributed by atoms with Crippen molar-refractivity contribution in [2.45, 2.75) is 23.8 Å². The maximum absolute atomic E-state index is 13.1. The smallest absolute Gasteiger partial charge is 0.328 e. The fourth-order valence-electron chi connectivity index (χ4n) is 3.47. The van der Waals surface area contributed by atoms with Gasteiger partial charge in [0, 0.05) is 23.7 Å². The summed E-state index contributed by atoms with van der Waals surface area (Å²) in [6.45, 7) is -0.0321. The fourth-order valence-corrected chi connectivity index (χ4v) is 4.12. The number of anilines is 1. The minimum atomic E-state index is -3.87.